The van der Waals surface area contributed by atoms with E-state index in [0.29, 0.717) is 19.4 Å². The summed E-state index contributed by atoms with van der Waals surface area (Å²) >= 11 is 1.71. The van der Waals surface area contributed by atoms with Crippen molar-refractivity contribution >= 4 is 23.6 Å². The quantitative estimate of drug-likeness (QED) is 0.245. The minimum absolute atomic E-state index is 0.0768. The van der Waals surface area contributed by atoms with Gasteiger partial charge < -0.3 is 14.8 Å². The van der Waals surface area contributed by atoms with Crippen LogP contribution in [-0.2, 0) is 28.3 Å². The summed E-state index contributed by atoms with van der Waals surface area (Å²) in [4.78, 5) is 25.8. The van der Waals surface area contributed by atoms with Crippen molar-refractivity contribution in [2.24, 2.45) is 0 Å². The number of aromatic nitrogens is 3. The number of thioether (sulfide) groups is 1. The molecular formula is C29H37N5O2S. The number of amides is 2. The molecule has 0 spiro atoms. The molecule has 0 unspecified atom stereocenters. The highest BCUT2D eigenvalue weighted by molar-refractivity contribution is 7.98. The molecule has 0 bridgehead atoms. The summed E-state index contributed by atoms with van der Waals surface area (Å²) in [7, 11) is 0. The first-order chi connectivity index (χ1) is 18.1. The van der Waals surface area contributed by atoms with Crippen molar-refractivity contribution in [1.82, 2.24) is 25.0 Å². The Labute approximate surface area is 224 Å². The highest BCUT2D eigenvalue weighted by Crippen LogP contribution is 2.24. The van der Waals surface area contributed by atoms with Gasteiger partial charge >= 0.3 is 0 Å². The van der Waals surface area contributed by atoms with Crippen LogP contribution in [0.2, 0.25) is 0 Å². The van der Waals surface area contributed by atoms with E-state index in [1.165, 1.54) is 16.7 Å². The molecule has 1 fully saturated rings. The Morgan fingerprint density at radius 2 is 1.86 bits per heavy atom. The molecule has 0 saturated carbocycles. The van der Waals surface area contributed by atoms with Crippen LogP contribution in [-0.4, -0.2) is 51.1 Å². The zero-order chi connectivity index (χ0) is 25.9. The Balaban J connectivity index is 1.25. The van der Waals surface area contributed by atoms with Crippen LogP contribution in [0, 0.1) is 6.92 Å². The molecule has 8 heteroatoms. The van der Waals surface area contributed by atoms with Gasteiger partial charge in [-0.15, -0.1) is 10.2 Å². The van der Waals surface area contributed by atoms with Crippen molar-refractivity contribution in [1.29, 1.82) is 0 Å². The molecule has 1 aliphatic heterocycles. The number of carbonyl (C=O) groups is 2. The monoisotopic (exact) mass is 519 g/mol. The second-order valence-electron chi connectivity index (χ2n) is 9.64. The number of unbranched alkanes of at least 4 members (excludes halogenated alkanes) is 1. The summed E-state index contributed by atoms with van der Waals surface area (Å²) in [5, 5.41) is 13.0. The molecule has 2 amide bonds. The van der Waals surface area contributed by atoms with Crippen LogP contribution in [0.3, 0.4) is 0 Å². The lowest BCUT2D eigenvalue weighted by atomic mass is 10.1. The minimum Gasteiger partial charge on any atom is -0.356 e. The molecule has 7 nitrogen and oxygen atoms in total. The van der Waals surface area contributed by atoms with Crippen LogP contribution < -0.4 is 5.32 Å². The number of carbonyl (C=O) groups excluding carboxylic acids is 2. The predicted octanol–water partition coefficient (Wildman–Crippen LogP) is 4.77. The third-order valence-corrected chi connectivity index (χ3v) is 7.62. The maximum absolute atomic E-state index is 12.2. The minimum atomic E-state index is 0.0768. The number of benzene rings is 2. The van der Waals surface area contributed by atoms with Crippen LogP contribution >= 0.6 is 11.8 Å². The number of hydrogen-bond acceptors (Lipinski definition) is 5. The molecule has 0 aliphatic carbocycles. The molecule has 37 heavy (non-hydrogen) atoms. The van der Waals surface area contributed by atoms with Crippen molar-refractivity contribution in [3.63, 3.8) is 0 Å². The topological polar surface area (TPSA) is 80.1 Å². The van der Waals surface area contributed by atoms with Crippen molar-refractivity contribution in [2.75, 3.05) is 19.6 Å². The third kappa shape index (κ3) is 8.45. The van der Waals surface area contributed by atoms with E-state index in [2.05, 4.69) is 75.5 Å². The van der Waals surface area contributed by atoms with Gasteiger partial charge in [0.15, 0.2) is 5.16 Å². The maximum atomic E-state index is 12.2. The summed E-state index contributed by atoms with van der Waals surface area (Å²) in [6.07, 6.45) is 5.41. The van der Waals surface area contributed by atoms with Gasteiger partial charge in [-0.05, 0) is 43.7 Å². The van der Waals surface area contributed by atoms with Crippen LogP contribution in [0.5, 0.6) is 0 Å². The number of nitrogens with one attached hydrogen (secondary N) is 1. The fourth-order valence-corrected chi connectivity index (χ4v) is 5.48. The lowest BCUT2D eigenvalue weighted by molar-refractivity contribution is -0.127. The zero-order valence-corrected chi connectivity index (χ0v) is 22.5. The molecule has 1 aromatic heterocycles. The van der Waals surface area contributed by atoms with E-state index in [1.54, 1.807) is 11.8 Å². The molecule has 2 heterocycles. The Hall–Kier alpha value is -3.13. The van der Waals surface area contributed by atoms with E-state index in [9.17, 15) is 9.59 Å². The SMILES string of the molecule is Cc1cccc(CSc2nnc(CCCCC(=O)NCCCN3CCCC3=O)n2Cc2ccccc2)c1. The van der Waals surface area contributed by atoms with Crippen molar-refractivity contribution in [3.8, 4) is 0 Å². The van der Waals surface area contributed by atoms with Crippen molar-refractivity contribution in [2.45, 2.75) is 69.3 Å². The van der Waals surface area contributed by atoms with E-state index in [-0.39, 0.29) is 11.8 Å². The van der Waals surface area contributed by atoms with E-state index in [1.807, 2.05) is 11.0 Å². The van der Waals surface area contributed by atoms with Crippen LogP contribution in [0.25, 0.3) is 0 Å². The summed E-state index contributed by atoms with van der Waals surface area (Å²) in [6.45, 7) is 5.06. The van der Waals surface area contributed by atoms with Gasteiger partial charge in [0.05, 0.1) is 6.54 Å². The van der Waals surface area contributed by atoms with E-state index < -0.39 is 0 Å². The van der Waals surface area contributed by atoms with Gasteiger partial charge in [-0.2, -0.15) is 0 Å². The Bertz CT molecular complexity index is 1160. The van der Waals surface area contributed by atoms with Gasteiger partial charge in [0.1, 0.15) is 5.82 Å². The molecule has 1 N–H and O–H groups in total. The molecule has 4 rings (SSSR count). The van der Waals surface area contributed by atoms with Crippen molar-refractivity contribution in [3.05, 3.63) is 77.1 Å². The van der Waals surface area contributed by atoms with Gasteiger partial charge in [0.2, 0.25) is 11.8 Å². The lowest BCUT2D eigenvalue weighted by Gasteiger charge is -2.15. The maximum Gasteiger partial charge on any atom is 0.222 e. The van der Waals surface area contributed by atoms with Gasteiger partial charge in [-0.1, -0.05) is 71.9 Å². The average Bonchev–Trinajstić information content (AvgIpc) is 3.49. The van der Waals surface area contributed by atoms with Crippen LogP contribution in [0.15, 0.2) is 59.8 Å². The second-order valence-corrected chi connectivity index (χ2v) is 10.6. The number of hydrogen-bond donors (Lipinski definition) is 1. The predicted molar refractivity (Wildman–Crippen MR) is 147 cm³/mol. The van der Waals surface area contributed by atoms with Gasteiger partial charge in [-0.3, -0.25) is 9.59 Å². The largest absolute Gasteiger partial charge is 0.356 e. The van der Waals surface area contributed by atoms with Crippen LogP contribution in [0.1, 0.15) is 61.0 Å². The number of aryl methyl sites for hydroxylation is 2. The van der Waals surface area contributed by atoms with E-state index in [4.69, 9.17) is 0 Å². The molecule has 0 atom stereocenters. The average molecular weight is 520 g/mol. The standard InChI is InChI=1S/C29H37N5O2S/c1-23-10-7-13-25(20-23)22-37-29-32-31-26(34(29)21-24-11-3-2-4-12-24)14-5-6-15-27(35)30-17-9-19-33-18-8-16-28(33)36/h2-4,7,10-13,20H,5-6,8-9,14-19,21-22H2,1H3,(H,30,35). The Kier molecular flexibility index (Phi) is 10.2. The molecule has 1 saturated heterocycles. The summed E-state index contributed by atoms with van der Waals surface area (Å²) < 4.78 is 2.22. The van der Waals surface area contributed by atoms with E-state index >= 15 is 0 Å². The summed E-state index contributed by atoms with van der Waals surface area (Å²) in [6, 6.07) is 19.0. The van der Waals surface area contributed by atoms with Gasteiger partial charge in [0.25, 0.3) is 0 Å². The number of nitrogens with zero attached hydrogens (tertiary/aromatic N) is 4. The molecule has 2 aromatic carbocycles. The fraction of sp³-hybridized carbons (Fsp3) is 0.448. The normalized spacial score (nSPS) is 13.3. The lowest BCUT2D eigenvalue weighted by Crippen LogP contribution is -2.30. The molecule has 0 radical (unpaired) electrons. The van der Waals surface area contributed by atoms with Crippen molar-refractivity contribution < 1.29 is 9.59 Å². The summed E-state index contributed by atoms with van der Waals surface area (Å²) in [5.41, 5.74) is 3.75. The summed E-state index contributed by atoms with van der Waals surface area (Å²) in [5.74, 6) is 2.13. The smallest absolute Gasteiger partial charge is 0.222 e. The number of rotatable bonds is 14. The first kappa shape index (κ1) is 26.9. The van der Waals surface area contributed by atoms with E-state index in [0.717, 1.165) is 68.5 Å². The first-order valence-electron chi connectivity index (χ1n) is 13.3. The van der Waals surface area contributed by atoms with Gasteiger partial charge in [0, 0.05) is 44.6 Å². The Morgan fingerprint density at radius 1 is 1.03 bits per heavy atom. The molecule has 196 valence electrons. The second kappa shape index (κ2) is 14.0. The molecular weight excluding hydrogens is 482 g/mol. The number of likely N-dealkylation sites (tertiary alicyclic amines) is 1. The fourth-order valence-electron chi connectivity index (χ4n) is 4.58. The first-order valence-corrected chi connectivity index (χ1v) is 14.3. The zero-order valence-electron chi connectivity index (χ0n) is 21.7. The molecule has 1 aliphatic rings. The van der Waals surface area contributed by atoms with Gasteiger partial charge in [-0.25, -0.2) is 0 Å². The highest BCUT2D eigenvalue weighted by Gasteiger charge is 2.19. The molecule has 3 aromatic rings. The Morgan fingerprint density at radius 3 is 2.65 bits per heavy atom. The third-order valence-electron chi connectivity index (χ3n) is 6.58. The highest BCUT2D eigenvalue weighted by atomic mass is 32.2. The van der Waals surface area contributed by atoms with Crippen LogP contribution in [0.4, 0.5) is 0 Å².